The van der Waals surface area contributed by atoms with Gasteiger partial charge in [0.05, 0.1) is 35.8 Å². The van der Waals surface area contributed by atoms with Crippen molar-refractivity contribution >= 4 is 45.5 Å². The highest BCUT2D eigenvalue weighted by Gasteiger charge is 2.76. The van der Waals surface area contributed by atoms with E-state index < -0.39 is 34.2 Å². The fraction of sp³-hybridized carbons (Fsp3) is 0.864. The molecule has 176 valence electrons. The molecule has 2 amide bonds. The van der Waals surface area contributed by atoms with Crippen molar-refractivity contribution < 1.29 is 24.2 Å². The number of esters is 1. The van der Waals surface area contributed by atoms with Crippen LogP contribution in [0.5, 0.6) is 0 Å². The van der Waals surface area contributed by atoms with Gasteiger partial charge in [-0.3, -0.25) is 14.4 Å². The van der Waals surface area contributed by atoms with Gasteiger partial charge in [0.1, 0.15) is 6.04 Å². The van der Waals surface area contributed by atoms with E-state index in [9.17, 15) is 19.5 Å². The molecule has 3 unspecified atom stereocenters. The zero-order valence-corrected chi connectivity index (χ0v) is 21.6. The number of ether oxygens (including phenoxy) is 1. The normalized spacial score (nSPS) is 35.5. The number of aliphatic hydroxyl groups is 1. The summed E-state index contributed by atoms with van der Waals surface area (Å²) < 4.78 is 4.63. The van der Waals surface area contributed by atoms with Crippen LogP contribution >= 0.6 is 27.7 Å². The maximum atomic E-state index is 13.9. The van der Waals surface area contributed by atoms with E-state index in [2.05, 4.69) is 21.2 Å². The number of amides is 2. The third kappa shape index (κ3) is 4.26. The summed E-state index contributed by atoms with van der Waals surface area (Å²) in [5, 5.41) is 13.1. The number of nitrogens with one attached hydrogen (secondary N) is 1. The molecule has 7 atom stereocenters. The van der Waals surface area contributed by atoms with Crippen molar-refractivity contribution in [1.82, 2.24) is 10.2 Å². The van der Waals surface area contributed by atoms with E-state index in [4.69, 9.17) is 4.74 Å². The predicted octanol–water partition coefficient (Wildman–Crippen LogP) is 2.34. The smallest absolute Gasteiger partial charge is 0.310 e. The number of rotatable bonds is 7. The monoisotopic (exact) mass is 518 g/mol. The highest BCUT2D eigenvalue weighted by molar-refractivity contribution is 9.09. The lowest BCUT2D eigenvalue weighted by atomic mass is 9.71. The average molecular weight is 520 g/mol. The Hall–Kier alpha value is -0.800. The Morgan fingerprint density at radius 2 is 2.03 bits per heavy atom. The van der Waals surface area contributed by atoms with Crippen molar-refractivity contribution in [3.05, 3.63) is 0 Å². The number of likely N-dealkylation sites (tertiary alicyclic amines) is 1. The molecule has 3 aliphatic rings. The Morgan fingerprint density at radius 1 is 1.39 bits per heavy atom. The largest absolute Gasteiger partial charge is 0.466 e. The standard InChI is InChI=1S/C22H35BrN2O5S/c1-7-30-20(29)14-15-19(28)25(12(10-26)8-11(2)3)17(18(27)24-21(4,5)6)22(15)9-13(23)16(14)31-22/h11-17,26H,7-10H2,1-6H3,(H,24,27)/t12-,13?,14+,15+,16+,17?,22?/m1/s1. The first-order valence-corrected chi connectivity index (χ1v) is 12.9. The molecule has 0 aliphatic carbocycles. The van der Waals surface area contributed by atoms with Gasteiger partial charge in [-0.2, -0.15) is 0 Å². The summed E-state index contributed by atoms with van der Waals surface area (Å²) in [6.07, 6.45) is 1.20. The second-order valence-electron chi connectivity index (χ2n) is 10.4. The highest BCUT2D eigenvalue weighted by Crippen LogP contribution is 2.68. The quantitative estimate of drug-likeness (QED) is 0.396. The van der Waals surface area contributed by atoms with Crippen LogP contribution in [0.3, 0.4) is 0 Å². The summed E-state index contributed by atoms with van der Waals surface area (Å²) in [5.74, 6) is -1.77. The van der Waals surface area contributed by atoms with Crippen molar-refractivity contribution in [2.45, 2.75) is 86.8 Å². The summed E-state index contributed by atoms with van der Waals surface area (Å²) in [4.78, 5) is 42.0. The fourth-order valence-electron chi connectivity index (χ4n) is 5.53. The molecule has 2 N–H and O–H groups in total. The fourth-order valence-corrected chi connectivity index (χ4v) is 9.11. The molecule has 0 radical (unpaired) electrons. The molecule has 31 heavy (non-hydrogen) atoms. The first-order valence-electron chi connectivity index (χ1n) is 11.1. The van der Waals surface area contributed by atoms with Crippen molar-refractivity contribution in [2.75, 3.05) is 13.2 Å². The van der Waals surface area contributed by atoms with Crippen LogP contribution < -0.4 is 5.32 Å². The molecule has 7 nitrogen and oxygen atoms in total. The third-order valence-corrected chi connectivity index (χ3v) is 9.60. The lowest BCUT2D eigenvalue weighted by Gasteiger charge is -2.39. The second kappa shape index (κ2) is 8.86. The maximum absolute atomic E-state index is 13.9. The third-order valence-electron chi connectivity index (χ3n) is 6.38. The molecule has 0 aromatic carbocycles. The summed E-state index contributed by atoms with van der Waals surface area (Å²) in [6.45, 7) is 11.6. The predicted molar refractivity (Wildman–Crippen MR) is 124 cm³/mol. The molecule has 3 rings (SSSR count). The second-order valence-corrected chi connectivity index (χ2v) is 13.1. The van der Waals surface area contributed by atoms with Gasteiger partial charge in [0.2, 0.25) is 11.8 Å². The molecule has 3 saturated heterocycles. The number of halogens is 1. The maximum Gasteiger partial charge on any atom is 0.310 e. The summed E-state index contributed by atoms with van der Waals surface area (Å²) in [7, 11) is 0. The van der Waals surface area contributed by atoms with Gasteiger partial charge in [-0.25, -0.2) is 0 Å². The Kier molecular flexibility index (Phi) is 7.10. The molecule has 0 saturated carbocycles. The minimum Gasteiger partial charge on any atom is -0.466 e. The SMILES string of the molecule is CCOC(=O)[C@H]1[C@H]2C(=O)N([C@@H](CO)CC(C)C)C(C(=O)NC(C)(C)C)C23CC(Br)[C@@H]1S3. The van der Waals surface area contributed by atoms with Crippen molar-refractivity contribution in [3.63, 3.8) is 0 Å². The van der Waals surface area contributed by atoms with Crippen LogP contribution in [0.15, 0.2) is 0 Å². The zero-order chi connectivity index (χ0) is 23.3. The molecule has 3 aliphatic heterocycles. The van der Waals surface area contributed by atoms with Gasteiger partial charge in [0.25, 0.3) is 0 Å². The van der Waals surface area contributed by atoms with Gasteiger partial charge in [0.15, 0.2) is 0 Å². The van der Waals surface area contributed by atoms with Gasteiger partial charge in [-0.05, 0) is 46.5 Å². The summed E-state index contributed by atoms with van der Waals surface area (Å²) in [5.41, 5.74) is -0.469. The minimum absolute atomic E-state index is 0.0125. The Morgan fingerprint density at radius 3 is 2.55 bits per heavy atom. The Bertz CT molecular complexity index is 742. The van der Waals surface area contributed by atoms with Gasteiger partial charge in [-0.1, -0.05) is 29.8 Å². The molecule has 2 bridgehead atoms. The molecule has 3 heterocycles. The van der Waals surface area contributed by atoms with Gasteiger partial charge in [0, 0.05) is 15.6 Å². The molecule has 9 heteroatoms. The van der Waals surface area contributed by atoms with Crippen molar-refractivity contribution in [3.8, 4) is 0 Å². The number of carbonyl (C=O) groups excluding carboxylic acids is 3. The van der Waals surface area contributed by atoms with Crippen molar-refractivity contribution in [2.24, 2.45) is 17.8 Å². The molecule has 1 spiro atoms. The van der Waals surface area contributed by atoms with Crippen molar-refractivity contribution in [1.29, 1.82) is 0 Å². The number of aliphatic hydroxyl groups excluding tert-OH is 1. The number of hydrogen-bond donors (Lipinski definition) is 2. The number of alkyl halides is 1. The zero-order valence-electron chi connectivity index (χ0n) is 19.2. The van der Waals surface area contributed by atoms with Gasteiger partial charge < -0.3 is 20.1 Å². The molecular formula is C22H35BrN2O5S. The number of hydrogen-bond acceptors (Lipinski definition) is 6. The number of thioether (sulfide) groups is 1. The average Bonchev–Trinajstić information content (AvgIpc) is 3.22. The van der Waals surface area contributed by atoms with Crippen LogP contribution in [0.1, 0.15) is 54.4 Å². The lowest BCUT2D eigenvalue weighted by Crippen LogP contribution is -2.59. The summed E-state index contributed by atoms with van der Waals surface area (Å²) >= 11 is 5.30. The van der Waals surface area contributed by atoms with E-state index in [1.807, 2.05) is 34.6 Å². The first kappa shape index (κ1) is 24.8. The van der Waals surface area contributed by atoms with Gasteiger partial charge in [-0.15, -0.1) is 11.8 Å². The van der Waals surface area contributed by atoms with E-state index in [0.717, 1.165) is 0 Å². The summed E-state index contributed by atoms with van der Waals surface area (Å²) in [6, 6.07) is -1.21. The van der Waals surface area contributed by atoms with Crippen LogP contribution in [0.4, 0.5) is 0 Å². The topological polar surface area (TPSA) is 95.9 Å². The Balaban J connectivity index is 2.09. The number of carbonyl (C=O) groups is 3. The van der Waals surface area contributed by atoms with E-state index in [1.165, 1.54) is 0 Å². The van der Waals surface area contributed by atoms with Gasteiger partial charge >= 0.3 is 5.97 Å². The van der Waals surface area contributed by atoms with Crippen LogP contribution in [0.25, 0.3) is 0 Å². The molecule has 0 aromatic rings. The van der Waals surface area contributed by atoms with Crippen LogP contribution in [-0.4, -0.2) is 73.5 Å². The molecule has 3 fully saturated rings. The van der Waals surface area contributed by atoms with Crippen LogP contribution in [0.2, 0.25) is 0 Å². The van der Waals surface area contributed by atoms with Crippen LogP contribution in [-0.2, 0) is 19.1 Å². The van der Waals surface area contributed by atoms with E-state index in [1.54, 1.807) is 23.6 Å². The lowest BCUT2D eigenvalue weighted by molar-refractivity contribution is -0.154. The van der Waals surface area contributed by atoms with E-state index in [0.29, 0.717) is 12.8 Å². The van der Waals surface area contributed by atoms with Crippen LogP contribution in [0, 0.1) is 17.8 Å². The molecular weight excluding hydrogens is 484 g/mol. The number of nitrogens with zero attached hydrogens (tertiary/aromatic N) is 1. The van der Waals surface area contributed by atoms with E-state index >= 15 is 0 Å². The first-order chi connectivity index (χ1) is 14.4. The highest BCUT2D eigenvalue weighted by atomic mass is 79.9. The molecule has 0 aromatic heterocycles. The van der Waals surface area contributed by atoms with E-state index in [-0.39, 0.29) is 47.0 Å². The number of fused-ring (bicyclic) bond motifs is 1. The minimum atomic E-state index is -0.741. The Labute approximate surface area is 197 Å².